The molecule has 0 bridgehead atoms. The largest absolute Gasteiger partial charge is 0.456 e. The van der Waals surface area contributed by atoms with E-state index in [4.69, 9.17) is 16.0 Å². The summed E-state index contributed by atoms with van der Waals surface area (Å²) in [6.07, 6.45) is 0.783. The van der Waals surface area contributed by atoms with Crippen LogP contribution >= 0.6 is 11.6 Å². The number of hydrogen-bond acceptors (Lipinski definition) is 3. The van der Waals surface area contributed by atoms with Crippen molar-refractivity contribution in [1.29, 1.82) is 0 Å². The zero-order valence-electron chi connectivity index (χ0n) is 13.1. The lowest BCUT2D eigenvalue weighted by atomic mass is 9.90. The predicted octanol–water partition coefficient (Wildman–Crippen LogP) is 4.38. The Labute approximate surface area is 144 Å². The van der Waals surface area contributed by atoms with E-state index in [1.54, 1.807) is 12.1 Å². The van der Waals surface area contributed by atoms with Gasteiger partial charge < -0.3 is 14.6 Å². The lowest BCUT2D eigenvalue weighted by Crippen LogP contribution is -2.58. The smallest absolute Gasteiger partial charge is 0.258 e. The van der Waals surface area contributed by atoms with Crippen LogP contribution in [0.2, 0.25) is 5.02 Å². The quantitative estimate of drug-likeness (QED) is 0.661. The molecule has 2 aliphatic rings. The summed E-state index contributed by atoms with van der Waals surface area (Å²) in [4.78, 5) is 14.9. The molecule has 3 aromatic rings. The SMILES string of the molecule is CC12Nc3ccc(Cl)cc3C(=O)N1CCc1c2oc2ccccc12. The minimum Gasteiger partial charge on any atom is -0.456 e. The number of furan rings is 1. The Hall–Kier alpha value is -2.46. The molecule has 0 saturated carbocycles. The van der Waals surface area contributed by atoms with Crippen LogP contribution in [0.3, 0.4) is 0 Å². The zero-order chi connectivity index (χ0) is 16.5. The van der Waals surface area contributed by atoms with Gasteiger partial charge in [0.25, 0.3) is 5.91 Å². The molecule has 5 rings (SSSR count). The first kappa shape index (κ1) is 13.9. The van der Waals surface area contributed by atoms with Crippen LogP contribution in [-0.4, -0.2) is 17.4 Å². The minimum atomic E-state index is -0.690. The Balaban J connectivity index is 1.75. The summed E-state index contributed by atoms with van der Waals surface area (Å²) in [5.74, 6) is 0.809. The van der Waals surface area contributed by atoms with Crippen molar-refractivity contribution in [3.05, 3.63) is 64.4 Å². The fourth-order valence-corrected chi connectivity index (χ4v) is 4.12. The van der Waals surface area contributed by atoms with Gasteiger partial charge in [-0.2, -0.15) is 0 Å². The Bertz CT molecular complexity index is 1010. The van der Waals surface area contributed by atoms with Crippen LogP contribution in [0.25, 0.3) is 11.0 Å². The molecule has 0 fully saturated rings. The van der Waals surface area contributed by atoms with Crippen molar-refractivity contribution in [2.24, 2.45) is 0 Å². The Morgan fingerprint density at radius 2 is 2.08 bits per heavy atom. The molecule has 0 radical (unpaired) electrons. The molecule has 1 aromatic heterocycles. The highest BCUT2D eigenvalue weighted by molar-refractivity contribution is 6.31. The zero-order valence-corrected chi connectivity index (χ0v) is 13.9. The van der Waals surface area contributed by atoms with Crippen molar-refractivity contribution >= 4 is 34.2 Å². The van der Waals surface area contributed by atoms with E-state index >= 15 is 0 Å². The lowest BCUT2D eigenvalue weighted by Gasteiger charge is -2.47. The number of anilines is 1. The normalized spacial score (nSPS) is 21.9. The molecule has 1 atom stereocenters. The van der Waals surface area contributed by atoms with Crippen LogP contribution in [-0.2, 0) is 12.1 Å². The predicted molar refractivity (Wildman–Crippen MR) is 93.4 cm³/mol. The van der Waals surface area contributed by atoms with Gasteiger partial charge in [0.05, 0.1) is 5.56 Å². The van der Waals surface area contributed by atoms with Crippen LogP contribution in [0.1, 0.15) is 28.6 Å². The van der Waals surface area contributed by atoms with E-state index in [2.05, 4.69) is 11.4 Å². The van der Waals surface area contributed by atoms with Crippen molar-refractivity contribution in [1.82, 2.24) is 4.90 Å². The summed E-state index contributed by atoms with van der Waals surface area (Å²) in [6, 6.07) is 13.4. The van der Waals surface area contributed by atoms with Gasteiger partial charge >= 0.3 is 0 Å². The van der Waals surface area contributed by atoms with Crippen LogP contribution in [0.5, 0.6) is 0 Å². The first-order valence-electron chi connectivity index (χ1n) is 7.98. The van der Waals surface area contributed by atoms with E-state index in [1.807, 2.05) is 36.1 Å². The van der Waals surface area contributed by atoms with Gasteiger partial charge in [-0.1, -0.05) is 29.8 Å². The van der Waals surface area contributed by atoms with E-state index in [9.17, 15) is 4.79 Å². The first-order chi connectivity index (χ1) is 11.6. The summed E-state index contributed by atoms with van der Waals surface area (Å²) in [5, 5.41) is 5.20. The molecule has 4 nitrogen and oxygen atoms in total. The molecule has 0 aliphatic carbocycles. The molecule has 1 N–H and O–H groups in total. The third kappa shape index (κ3) is 1.66. The van der Waals surface area contributed by atoms with Crippen LogP contribution in [0, 0.1) is 0 Å². The molecular weight excluding hydrogens is 324 g/mol. The fraction of sp³-hybridized carbons (Fsp3) is 0.211. The maximum atomic E-state index is 13.0. The van der Waals surface area contributed by atoms with Crippen molar-refractivity contribution < 1.29 is 9.21 Å². The van der Waals surface area contributed by atoms with Crippen LogP contribution < -0.4 is 5.32 Å². The van der Waals surface area contributed by atoms with Gasteiger partial charge in [0.1, 0.15) is 5.58 Å². The van der Waals surface area contributed by atoms with Gasteiger partial charge in [-0.05, 0) is 37.6 Å². The monoisotopic (exact) mass is 338 g/mol. The highest BCUT2D eigenvalue weighted by Crippen LogP contribution is 2.45. The summed E-state index contributed by atoms with van der Waals surface area (Å²) in [5.41, 5.74) is 2.75. The number of halogens is 1. The van der Waals surface area contributed by atoms with E-state index in [0.717, 1.165) is 28.8 Å². The number of nitrogens with one attached hydrogen (secondary N) is 1. The second-order valence-corrected chi connectivity index (χ2v) is 6.94. The van der Waals surface area contributed by atoms with E-state index in [-0.39, 0.29) is 5.91 Å². The molecule has 1 unspecified atom stereocenters. The maximum absolute atomic E-state index is 13.0. The minimum absolute atomic E-state index is 0.0140. The van der Waals surface area contributed by atoms with Crippen molar-refractivity contribution in [2.45, 2.75) is 19.0 Å². The highest BCUT2D eigenvalue weighted by atomic mass is 35.5. The maximum Gasteiger partial charge on any atom is 0.258 e. The summed E-state index contributed by atoms with van der Waals surface area (Å²) < 4.78 is 6.17. The number of carbonyl (C=O) groups excluding carboxylic acids is 1. The molecule has 1 amide bonds. The number of carbonyl (C=O) groups is 1. The summed E-state index contributed by atoms with van der Waals surface area (Å²) >= 11 is 6.07. The van der Waals surface area contributed by atoms with Gasteiger partial charge in [0.15, 0.2) is 11.4 Å². The molecule has 5 heteroatoms. The van der Waals surface area contributed by atoms with E-state index in [0.29, 0.717) is 17.1 Å². The number of benzene rings is 2. The Kier molecular flexibility index (Phi) is 2.64. The van der Waals surface area contributed by atoms with Crippen molar-refractivity contribution in [2.75, 3.05) is 11.9 Å². The van der Waals surface area contributed by atoms with Crippen molar-refractivity contribution in [3.63, 3.8) is 0 Å². The van der Waals surface area contributed by atoms with Crippen LogP contribution in [0.15, 0.2) is 46.9 Å². The van der Waals surface area contributed by atoms with Crippen LogP contribution in [0.4, 0.5) is 5.69 Å². The topological polar surface area (TPSA) is 45.5 Å². The number of rotatable bonds is 0. The number of amides is 1. The number of fused-ring (bicyclic) bond motifs is 6. The van der Waals surface area contributed by atoms with Gasteiger partial charge in [0.2, 0.25) is 0 Å². The molecule has 3 heterocycles. The third-order valence-corrected chi connectivity index (χ3v) is 5.34. The number of para-hydroxylation sites is 1. The number of hydrogen-bond donors (Lipinski definition) is 1. The fourth-order valence-electron chi connectivity index (χ4n) is 3.95. The molecular formula is C19H15ClN2O2. The average Bonchev–Trinajstić information content (AvgIpc) is 2.96. The third-order valence-electron chi connectivity index (χ3n) is 5.10. The standard InChI is InChI=1S/C19H15ClN2O2/c1-19-17-13(12-4-2-3-5-16(12)24-17)8-9-22(19)18(23)14-10-11(20)6-7-15(14)21-19/h2-7,10,21H,8-9H2,1H3. The molecule has 2 aliphatic heterocycles. The lowest BCUT2D eigenvalue weighted by molar-refractivity contribution is 0.0453. The van der Waals surface area contributed by atoms with E-state index < -0.39 is 5.66 Å². The molecule has 24 heavy (non-hydrogen) atoms. The first-order valence-corrected chi connectivity index (χ1v) is 8.36. The van der Waals surface area contributed by atoms with Gasteiger partial charge in [-0.15, -0.1) is 0 Å². The van der Waals surface area contributed by atoms with Gasteiger partial charge in [-0.25, -0.2) is 0 Å². The highest BCUT2D eigenvalue weighted by Gasteiger charge is 2.48. The molecule has 0 spiro atoms. The van der Waals surface area contributed by atoms with Gasteiger partial charge in [-0.3, -0.25) is 4.79 Å². The summed E-state index contributed by atoms with van der Waals surface area (Å²) in [6.45, 7) is 2.65. The van der Waals surface area contributed by atoms with Gasteiger partial charge in [0, 0.05) is 28.2 Å². The molecule has 120 valence electrons. The molecule has 2 aromatic carbocycles. The van der Waals surface area contributed by atoms with Crippen molar-refractivity contribution in [3.8, 4) is 0 Å². The second kappa shape index (κ2) is 4.54. The second-order valence-electron chi connectivity index (χ2n) is 6.50. The Morgan fingerprint density at radius 1 is 1.25 bits per heavy atom. The average molecular weight is 339 g/mol. The summed E-state index contributed by atoms with van der Waals surface area (Å²) in [7, 11) is 0. The Morgan fingerprint density at radius 3 is 2.96 bits per heavy atom. The van der Waals surface area contributed by atoms with E-state index in [1.165, 1.54) is 5.56 Å². The molecule has 0 saturated heterocycles. The number of nitrogens with zero attached hydrogens (tertiary/aromatic N) is 1.